The summed E-state index contributed by atoms with van der Waals surface area (Å²) >= 11 is 0. The van der Waals surface area contributed by atoms with Crippen molar-refractivity contribution in [2.45, 2.75) is 25.1 Å². The molecule has 0 bridgehead atoms. The minimum atomic E-state index is -1.14. The van der Waals surface area contributed by atoms with Gasteiger partial charge in [0.25, 0.3) is 0 Å². The Hall–Kier alpha value is -2.23. The van der Waals surface area contributed by atoms with Gasteiger partial charge in [-0.3, -0.25) is 0 Å². The Morgan fingerprint density at radius 2 is 2.33 bits per heavy atom. The van der Waals surface area contributed by atoms with E-state index < -0.39 is 24.1 Å². The Morgan fingerprint density at radius 1 is 1.56 bits per heavy atom. The number of aliphatic hydroxyl groups is 1. The van der Waals surface area contributed by atoms with Crippen molar-refractivity contribution in [2.24, 2.45) is 0 Å². The van der Waals surface area contributed by atoms with Gasteiger partial charge in [0.2, 0.25) is 0 Å². The lowest BCUT2D eigenvalue weighted by Gasteiger charge is -2.20. The summed E-state index contributed by atoms with van der Waals surface area (Å²) < 4.78 is 0. The van der Waals surface area contributed by atoms with Gasteiger partial charge in [0, 0.05) is 13.0 Å². The van der Waals surface area contributed by atoms with Crippen molar-refractivity contribution in [3.63, 3.8) is 0 Å². The van der Waals surface area contributed by atoms with Crippen LogP contribution in [-0.4, -0.2) is 66.4 Å². The molecule has 0 radical (unpaired) electrons. The molecule has 2 rings (SSSR count). The third kappa shape index (κ3) is 2.53. The summed E-state index contributed by atoms with van der Waals surface area (Å²) in [5.74, 6) is -0.851. The third-order valence-electron chi connectivity index (χ3n) is 2.61. The Morgan fingerprint density at radius 3 is 2.94 bits per heavy atom. The highest BCUT2D eigenvalue weighted by molar-refractivity contribution is 5.83. The Bertz CT molecular complexity index is 435. The monoisotopic (exact) mass is 256 g/mol. The summed E-state index contributed by atoms with van der Waals surface area (Å²) in [7, 11) is 0. The van der Waals surface area contributed by atoms with Crippen LogP contribution >= 0.6 is 0 Å². The van der Waals surface area contributed by atoms with Crippen LogP contribution in [0.15, 0.2) is 0 Å². The first-order valence-electron chi connectivity index (χ1n) is 5.25. The van der Waals surface area contributed by atoms with E-state index in [1.54, 1.807) is 0 Å². The van der Waals surface area contributed by atoms with Gasteiger partial charge in [-0.2, -0.15) is 5.21 Å². The predicted molar refractivity (Wildman–Crippen MR) is 55.2 cm³/mol. The highest BCUT2D eigenvalue weighted by Crippen LogP contribution is 2.18. The van der Waals surface area contributed by atoms with Gasteiger partial charge >= 0.3 is 12.0 Å². The molecule has 10 heteroatoms. The van der Waals surface area contributed by atoms with Gasteiger partial charge in [-0.05, 0) is 0 Å². The number of urea groups is 1. The molecule has 18 heavy (non-hydrogen) atoms. The number of amides is 2. The van der Waals surface area contributed by atoms with Gasteiger partial charge in [0.05, 0.1) is 12.6 Å². The first-order valence-corrected chi connectivity index (χ1v) is 5.25. The van der Waals surface area contributed by atoms with Crippen LogP contribution in [0.25, 0.3) is 0 Å². The van der Waals surface area contributed by atoms with Crippen LogP contribution in [0.2, 0.25) is 0 Å². The van der Waals surface area contributed by atoms with Gasteiger partial charge in [-0.25, -0.2) is 9.59 Å². The lowest BCUT2D eigenvalue weighted by Crippen LogP contribution is -2.46. The Kier molecular flexibility index (Phi) is 3.37. The van der Waals surface area contributed by atoms with Crippen LogP contribution in [-0.2, 0) is 11.3 Å². The van der Waals surface area contributed by atoms with Crippen molar-refractivity contribution in [1.29, 1.82) is 0 Å². The SMILES string of the molecule is O=C(O)[C@H]1C[C@@H](O)CN1C(=O)NCc1nn[nH]n1. The zero-order valence-electron chi connectivity index (χ0n) is 9.28. The zero-order valence-corrected chi connectivity index (χ0v) is 9.28. The number of aliphatic carboxylic acids is 1. The fourth-order valence-electron chi connectivity index (χ4n) is 1.79. The van der Waals surface area contributed by atoms with E-state index in [-0.39, 0.29) is 25.3 Å². The van der Waals surface area contributed by atoms with Gasteiger partial charge in [-0.15, -0.1) is 10.2 Å². The molecule has 2 heterocycles. The van der Waals surface area contributed by atoms with Crippen molar-refractivity contribution in [3.05, 3.63) is 5.82 Å². The molecule has 0 aliphatic carbocycles. The van der Waals surface area contributed by atoms with E-state index in [4.69, 9.17) is 5.11 Å². The molecular weight excluding hydrogens is 244 g/mol. The standard InChI is InChI=1S/C8H12N6O4/c15-4-1-5(7(16)17)14(3-4)8(18)9-2-6-10-12-13-11-6/h4-5,15H,1-3H2,(H,9,18)(H,16,17)(H,10,11,12,13)/t4-,5-/m1/s1. The molecule has 0 aromatic carbocycles. The molecule has 1 aromatic rings. The molecule has 1 fully saturated rings. The number of carbonyl (C=O) groups is 2. The van der Waals surface area contributed by atoms with E-state index in [1.807, 2.05) is 0 Å². The quantitative estimate of drug-likeness (QED) is 0.486. The summed E-state index contributed by atoms with van der Waals surface area (Å²) in [6.45, 7) is 0.0311. The lowest BCUT2D eigenvalue weighted by atomic mass is 10.2. The maximum atomic E-state index is 11.8. The second-order valence-corrected chi connectivity index (χ2v) is 3.88. The molecule has 0 unspecified atom stereocenters. The summed E-state index contributed by atoms with van der Waals surface area (Å²) in [5, 5.41) is 33.6. The van der Waals surface area contributed by atoms with Crippen molar-refractivity contribution in [1.82, 2.24) is 30.8 Å². The second kappa shape index (κ2) is 4.96. The van der Waals surface area contributed by atoms with E-state index in [1.165, 1.54) is 0 Å². The summed E-state index contributed by atoms with van der Waals surface area (Å²) in [4.78, 5) is 23.8. The number of hydrogen-bond donors (Lipinski definition) is 4. The summed E-state index contributed by atoms with van der Waals surface area (Å²) in [6, 6.07) is -1.59. The molecule has 10 nitrogen and oxygen atoms in total. The molecule has 0 saturated carbocycles. The van der Waals surface area contributed by atoms with E-state index in [2.05, 4.69) is 25.9 Å². The summed E-state index contributed by atoms with van der Waals surface area (Å²) in [6.07, 6.45) is -0.785. The molecule has 98 valence electrons. The summed E-state index contributed by atoms with van der Waals surface area (Å²) in [5.41, 5.74) is 0. The first-order chi connectivity index (χ1) is 8.58. The van der Waals surface area contributed by atoms with Crippen molar-refractivity contribution in [3.8, 4) is 0 Å². The number of β-amino-alcohol motifs (C(OH)–C–C–N with tert-alkyl or cyclic N) is 1. The normalized spacial score (nSPS) is 23.1. The van der Waals surface area contributed by atoms with E-state index in [0.717, 1.165) is 4.90 Å². The molecule has 1 saturated heterocycles. The zero-order chi connectivity index (χ0) is 13.1. The fraction of sp³-hybridized carbons (Fsp3) is 0.625. The number of likely N-dealkylation sites (tertiary alicyclic amines) is 1. The predicted octanol–water partition coefficient (Wildman–Crippen LogP) is -2.07. The number of rotatable bonds is 3. The van der Waals surface area contributed by atoms with Crippen molar-refractivity contribution in [2.75, 3.05) is 6.54 Å². The Labute approximate surface area is 101 Å². The number of hydrogen-bond acceptors (Lipinski definition) is 6. The number of aromatic amines is 1. The molecule has 4 N–H and O–H groups in total. The smallest absolute Gasteiger partial charge is 0.326 e. The number of H-pyrrole nitrogens is 1. The molecule has 2 atom stereocenters. The second-order valence-electron chi connectivity index (χ2n) is 3.88. The van der Waals surface area contributed by atoms with Gasteiger partial charge in [-0.1, -0.05) is 5.21 Å². The fourth-order valence-corrected chi connectivity index (χ4v) is 1.79. The molecule has 1 aromatic heterocycles. The number of nitrogens with zero attached hydrogens (tertiary/aromatic N) is 4. The Balaban J connectivity index is 1.93. The average molecular weight is 256 g/mol. The topological polar surface area (TPSA) is 144 Å². The van der Waals surface area contributed by atoms with Crippen molar-refractivity contribution >= 4 is 12.0 Å². The van der Waals surface area contributed by atoms with E-state index >= 15 is 0 Å². The molecule has 2 amide bonds. The first kappa shape index (κ1) is 12.2. The number of carboxylic acids is 1. The molecule has 1 aliphatic heterocycles. The van der Waals surface area contributed by atoms with Crippen molar-refractivity contribution < 1.29 is 19.8 Å². The number of aliphatic hydroxyl groups excluding tert-OH is 1. The highest BCUT2D eigenvalue weighted by Gasteiger charge is 2.38. The molecular formula is C8H12N6O4. The van der Waals surface area contributed by atoms with Gasteiger partial charge in [0.1, 0.15) is 6.04 Å². The lowest BCUT2D eigenvalue weighted by molar-refractivity contribution is -0.141. The molecule has 0 spiro atoms. The highest BCUT2D eigenvalue weighted by atomic mass is 16.4. The minimum Gasteiger partial charge on any atom is -0.480 e. The van der Waals surface area contributed by atoms with E-state index in [0.29, 0.717) is 0 Å². The largest absolute Gasteiger partial charge is 0.480 e. The number of nitrogens with one attached hydrogen (secondary N) is 2. The van der Waals surface area contributed by atoms with Crippen LogP contribution in [0.4, 0.5) is 4.79 Å². The third-order valence-corrected chi connectivity index (χ3v) is 2.61. The van der Waals surface area contributed by atoms with Crippen LogP contribution < -0.4 is 5.32 Å². The minimum absolute atomic E-state index is 0.00492. The van der Waals surface area contributed by atoms with Crippen LogP contribution in [0.5, 0.6) is 0 Å². The number of aromatic nitrogens is 4. The number of tetrazole rings is 1. The molecule has 1 aliphatic rings. The number of carbonyl (C=O) groups excluding carboxylic acids is 1. The van der Waals surface area contributed by atoms with E-state index in [9.17, 15) is 14.7 Å². The maximum Gasteiger partial charge on any atom is 0.326 e. The average Bonchev–Trinajstić information content (AvgIpc) is 2.94. The van der Waals surface area contributed by atoms with Gasteiger partial charge < -0.3 is 20.4 Å². The maximum absolute atomic E-state index is 11.8. The van der Waals surface area contributed by atoms with Crippen LogP contribution in [0, 0.1) is 0 Å². The van der Waals surface area contributed by atoms with Crippen LogP contribution in [0.1, 0.15) is 12.2 Å². The van der Waals surface area contributed by atoms with Gasteiger partial charge in [0.15, 0.2) is 5.82 Å². The van der Waals surface area contributed by atoms with Crippen LogP contribution in [0.3, 0.4) is 0 Å². The number of carboxylic acid groups (broad SMARTS) is 1.